The maximum Gasteiger partial charge on any atom is 0.0715 e. The summed E-state index contributed by atoms with van der Waals surface area (Å²) < 4.78 is 8.58. The molecule has 19 heavy (non-hydrogen) atoms. The van der Waals surface area contributed by atoms with E-state index < -0.39 is 0 Å². The molecule has 2 heterocycles. The molecule has 1 fully saturated rings. The zero-order valence-corrected chi connectivity index (χ0v) is 13.4. The summed E-state index contributed by atoms with van der Waals surface area (Å²) in [6, 6.07) is 0.408. The smallest absolute Gasteiger partial charge is 0.0715 e. The van der Waals surface area contributed by atoms with Gasteiger partial charge in [-0.25, -0.2) is 0 Å². The summed E-state index contributed by atoms with van der Waals surface area (Å²) in [4.78, 5) is 0. The number of aromatic nitrogens is 2. The van der Waals surface area contributed by atoms with Gasteiger partial charge in [0.25, 0.3) is 0 Å². The molecule has 1 aromatic rings. The molecule has 5 nitrogen and oxygen atoms in total. The van der Waals surface area contributed by atoms with Gasteiger partial charge in [-0.1, -0.05) is 6.92 Å². The summed E-state index contributed by atoms with van der Waals surface area (Å²) >= 11 is 3.60. The Bertz CT molecular complexity index is 421. The Kier molecular flexibility index (Phi) is 5.00. The van der Waals surface area contributed by atoms with E-state index in [0.29, 0.717) is 17.9 Å². The van der Waals surface area contributed by atoms with Crippen LogP contribution < -0.4 is 11.3 Å². The molecular formula is C13H23BrN4O. The van der Waals surface area contributed by atoms with Crippen molar-refractivity contribution in [3.63, 3.8) is 0 Å². The van der Waals surface area contributed by atoms with Crippen molar-refractivity contribution >= 4 is 15.9 Å². The molecule has 0 aromatic carbocycles. The monoisotopic (exact) mass is 330 g/mol. The molecule has 1 saturated heterocycles. The van der Waals surface area contributed by atoms with E-state index in [1.807, 2.05) is 10.9 Å². The normalized spacial score (nSPS) is 25.8. The molecule has 3 unspecified atom stereocenters. The van der Waals surface area contributed by atoms with Crippen LogP contribution in [-0.2, 0) is 4.74 Å². The van der Waals surface area contributed by atoms with Crippen LogP contribution in [0.2, 0.25) is 0 Å². The van der Waals surface area contributed by atoms with E-state index in [1.54, 1.807) is 0 Å². The molecule has 0 saturated carbocycles. The number of hydrazine groups is 1. The summed E-state index contributed by atoms with van der Waals surface area (Å²) in [7, 11) is 0. The third-order valence-electron chi connectivity index (χ3n) is 3.89. The first-order valence-electron chi connectivity index (χ1n) is 6.83. The fourth-order valence-electron chi connectivity index (χ4n) is 2.85. The Hall–Kier alpha value is -0.430. The topological polar surface area (TPSA) is 65.1 Å². The van der Waals surface area contributed by atoms with Gasteiger partial charge in [0.15, 0.2) is 0 Å². The van der Waals surface area contributed by atoms with E-state index in [1.165, 1.54) is 0 Å². The summed E-state index contributed by atoms with van der Waals surface area (Å²) in [5.74, 6) is 6.79. The number of ether oxygens (including phenoxy) is 1. The third kappa shape index (κ3) is 3.02. The molecule has 2 rings (SSSR count). The number of nitrogens with one attached hydrogen (secondary N) is 1. The van der Waals surface area contributed by atoms with Crippen LogP contribution in [0.5, 0.6) is 0 Å². The van der Waals surface area contributed by atoms with Crippen LogP contribution in [0.1, 0.15) is 45.0 Å². The van der Waals surface area contributed by atoms with Gasteiger partial charge in [0.1, 0.15) is 0 Å². The summed E-state index contributed by atoms with van der Waals surface area (Å²) in [6.45, 7) is 8.09. The van der Waals surface area contributed by atoms with E-state index in [0.717, 1.165) is 29.8 Å². The molecule has 108 valence electrons. The van der Waals surface area contributed by atoms with E-state index >= 15 is 0 Å². The standard InChI is InChI=1S/C13H23BrN4O/c1-8(2)18-13(11(14)6-16-18)12(17-15)10-4-5-19-7-9(10)3/h6,8-10,12,17H,4-5,7,15H2,1-3H3. The summed E-state index contributed by atoms with van der Waals surface area (Å²) in [5.41, 5.74) is 4.13. The van der Waals surface area contributed by atoms with Crippen LogP contribution in [0.3, 0.4) is 0 Å². The lowest BCUT2D eigenvalue weighted by molar-refractivity contribution is 0.00919. The van der Waals surface area contributed by atoms with Crippen molar-refractivity contribution in [3.8, 4) is 0 Å². The van der Waals surface area contributed by atoms with Gasteiger partial charge in [-0.05, 0) is 48.0 Å². The molecule has 0 spiro atoms. The first-order chi connectivity index (χ1) is 9.06. The largest absolute Gasteiger partial charge is 0.381 e. The van der Waals surface area contributed by atoms with Crippen LogP contribution in [0.15, 0.2) is 10.7 Å². The fraction of sp³-hybridized carbons (Fsp3) is 0.769. The molecule has 1 aliphatic rings. The number of halogens is 1. The number of hydrogen-bond donors (Lipinski definition) is 2. The zero-order chi connectivity index (χ0) is 14.0. The Balaban J connectivity index is 2.33. The molecule has 1 aromatic heterocycles. The number of nitrogens with zero attached hydrogens (tertiary/aromatic N) is 2. The highest BCUT2D eigenvalue weighted by molar-refractivity contribution is 9.10. The van der Waals surface area contributed by atoms with Gasteiger partial charge >= 0.3 is 0 Å². The Morgan fingerprint density at radius 2 is 2.32 bits per heavy atom. The van der Waals surface area contributed by atoms with Crippen LogP contribution in [-0.4, -0.2) is 23.0 Å². The average molecular weight is 331 g/mol. The van der Waals surface area contributed by atoms with Gasteiger partial charge in [0.2, 0.25) is 0 Å². The fourth-order valence-corrected chi connectivity index (χ4v) is 3.37. The van der Waals surface area contributed by atoms with Gasteiger partial charge < -0.3 is 4.74 Å². The van der Waals surface area contributed by atoms with Crippen molar-refractivity contribution in [2.45, 2.75) is 39.3 Å². The molecule has 0 aliphatic carbocycles. The second-order valence-corrected chi connectivity index (χ2v) is 6.42. The average Bonchev–Trinajstić information content (AvgIpc) is 2.75. The van der Waals surface area contributed by atoms with Gasteiger partial charge in [0.05, 0.1) is 22.4 Å². The SMILES string of the molecule is CC1COCCC1C(NN)c1c(Br)cnn1C(C)C. The minimum atomic E-state index is 0.0955. The lowest BCUT2D eigenvalue weighted by Crippen LogP contribution is -2.41. The maximum atomic E-state index is 5.84. The van der Waals surface area contributed by atoms with Crippen LogP contribution in [0.4, 0.5) is 0 Å². The Morgan fingerprint density at radius 3 is 2.89 bits per heavy atom. The van der Waals surface area contributed by atoms with Crippen LogP contribution >= 0.6 is 15.9 Å². The minimum absolute atomic E-state index is 0.0955. The predicted octanol–water partition coefficient (Wildman–Crippen LogP) is 2.40. The van der Waals surface area contributed by atoms with Crippen molar-refractivity contribution in [2.75, 3.05) is 13.2 Å². The van der Waals surface area contributed by atoms with E-state index in [2.05, 4.69) is 47.2 Å². The van der Waals surface area contributed by atoms with Gasteiger partial charge in [-0.15, -0.1) is 0 Å². The van der Waals surface area contributed by atoms with E-state index in [9.17, 15) is 0 Å². The predicted molar refractivity (Wildman–Crippen MR) is 78.5 cm³/mol. The lowest BCUT2D eigenvalue weighted by Gasteiger charge is -2.35. The van der Waals surface area contributed by atoms with Crippen molar-refractivity contribution in [1.29, 1.82) is 0 Å². The molecule has 0 amide bonds. The molecular weight excluding hydrogens is 308 g/mol. The molecule has 3 atom stereocenters. The molecule has 0 bridgehead atoms. The Morgan fingerprint density at radius 1 is 1.58 bits per heavy atom. The van der Waals surface area contributed by atoms with E-state index in [4.69, 9.17) is 10.6 Å². The van der Waals surface area contributed by atoms with E-state index in [-0.39, 0.29) is 6.04 Å². The lowest BCUT2D eigenvalue weighted by atomic mass is 9.82. The first kappa shape index (κ1) is 15.0. The van der Waals surface area contributed by atoms with Gasteiger partial charge in [-0.2, -0.15) is 5.10 Å². The second-order valence-electron chi connectivity index (χ2n) is 5.57. The number of rotatable bonds is 4. The van der Waals surface area contributed by atoms with Crippen LogP contribution in [0, 0.1) is 11.8 Å². The van der Waals surface area contributed by atoms with Crippen LogP contribution in [0.25, 0.3) is 0 Å². The third-order valence-corrected chi connectivity index (χ3v) is 4.50. The highest BCUT2D eigenvalue weighted by Gasteiger charge is 2.33. The minimum Gasteiger partial charge on any atom is -0.381 e. The second kappa shape index (κ2) is 6.35. The number of nitrogens with two attached hydrogens (primary N) is 1. The van der Waals surface area contributed by atoms with Gasteiger partial charge in [0, 0.05) is 19.3 Å². The maximum absolute atomic E-state index is 5.84. The molecule has 6 heteroatoms. The van der Waals surface area contributed by atoms with Gasteiger partial charge in [-0.3, -0.25) is 16.0 Å². The highest BCUT2D eigenvalue weighted by Crippen LogP contribution is 2.37. The first-order valence-corrected chi connectivity index (χ1v) is 7.62. The summed E-state index contributed by atoms with van der Waals surface area (Å²) in [6.07, 6.45) is 2.87. The van der Waals surface area contributed by atoms with Crippen molar-refractivity contribution in [2.24, 2.45) is 17.7 Å². The molecule has 0 radical (unpaired) electrons. The molecule has 1 aliphatic heterocycles. The van der Waals surface area contributed by atoms with Crippen molar-refractivity contribution < 1.29 is 4.74 Å². The number of hydrogen-bond acceptors (Lipinski definition) is 4. The summed E-state index contributed by atoms with van der Waals surface area (Å²) in [5, 5.41) is 4.45. The van der Waals surface area contributed by atoms with Crippen molar-refractivity contribution in [1.82, 2.24) is 15.2 Å². The zero-order valence-electron chi connectivity index (χ0n) is 11.8. The Labute approximate surface area is 123 Å². The quantitative estimate of drug-likeness (QED) is 0.657. The highest BCUT2D eigenvalue weighted by atomic mass is 79.9. The molecule has 3 N–H and O–H groups in total. The van der Waals surface area contributed by atoms with Crippen molar-refractivity contribution in [3.05, 3.63) is 16.4 Å².